The smallest absolute Gasteiger partial charge is 0.731 e. The molecule has 2 fully saturated rings. The van der Waals surface area contributed by atoms with Crippen LogP contribution < -0.4 is 40.4 Å². The summed E-state index contributed by atoms with van der Waals surface area (Å²) in [5, 5.41) is 0.893. The van der Waals surface area contributed by atoms with Gasteiger partial charge in [0.05, 0.1) is 11.7 Å². The molecule has 0 spiro atoms. The molecular formula is C12H13N4NaO5S. The Hall–Kier alpha value is -1.17. The predicted octanol–water partition coefficient (Wildman–Crippen LogP) is -3.76. The Balaban J connectivity index is 0.00000192. The molecule has 1 aromatic carbocycles. The Kier molecular flexibility index (Phi) is 5.04. The molecule has 3 amide bonds. The molecule has 0 bridgehead atoms. The monoisotopic (exact) mass is 348 g/mol. The van der Waals surface area contributed by atoms with Gasteiger partial charge in [-0.3, -0.25) is 4.79 Å². The third-order valence-electron chi connectivity index (χ3n) is 3.86. The van der Waals surface area contributed by atoms with Gasteiger partial charge in [-0.1, -0.05) is 18.2 Å². The van der Waals surface area contributed by atoms with Crippen LogP contribution in [0.2, 0.25) is 0 Å². The summed E-state index contributed by atoms with van der Waals surface area (Å²) in [6.07, 6.45) is 0.228. The van der Waals surface area contributed by atoms with Crippen LogP contribution in [0.5, 0.6) is 0 Å². The van der Waals surface area contributed by atoms with Gasteiger partial charge in [-0.15, -0.1) is 0 Å². The van der Waals surface area contributed by atoms with Crippen LogP contribution in [-0.2, 0) is 15.1 Å². The first kappa shape index (κ1) is 18.2. The molecule has 2 heterocycles. The van der Waals surface area contributed by atoms with Gasteiger partial charge in [-0.05, 0) is 18.6 Å². The number of carbonyl (C=O) groups excluding carboxylic acids is 2. The topological polar surface area (TPSA) is 127 Å². The second-order valence-electron chi connectivity index (χ2n) is 5.07. The number of anilines is 1. The Labute approximate surface area is 155 Å². The van der Waals surface area contributed by atoms with E-state index in [-0.39, 0.29) is 42.5 Å². The van der Waals surface area contributed by atoms with Crippen molar-refractivity contribution in [2.45, 2.75) is 18.5 Å². The first-order valence-electron chi connectivity index (χ1n) is 6.52. The number of likely N-dealkylation sites (tertiary alicyclic amines) is 1. The number of β-lactam (4-membered cyclic amide) rings is 1. The van der Waals surface area contributed by atoms with Gasteiger partial charge in [-0.2, -0.15) is 0 Å². The Morgan fingerprint density at radius 3 is 2.48 bits per heavy atom. The first-order valence-corrected chi connectivity index (χ1v) is 7.88. The summed E-state index contributed by atoms with van der Waals surface area (Å²) in [7, 11) is -4.84. The van der Waals surface area contributed by atoms with Crippen molar-refractivity contribution in [3.63, 3.8) is 0 Å². The van der Waals surface area contributed by atoms with Crippen LogP contribution in [0.15, 0.2) is 30.3 Å². The van der Waals surface area contributed by atoms with E-state index in [0.29, 0.717) is 9.99 Å². The van der Waals surface area contributed by atoms with Crippen molar-refractivity contribution in [3.05, 3.63) is 30.3 Å². The van der Waals surface area contributed by atoms with Crippen molar-refractivity contribution in [3.8, 4) is 0 Å². The SMILES string of the molecule is NN(C(=O)N1CC[C@@H]2[C@@H]1C(=O)N2S(=O)(=O)[O-])c1ccccc1.[Na+]. The number of hydrazine groups is 1. The van der Waals surface area contributed by atoms with Gasteiger partial charge in [0.1, 0.15) is 6.04 Å². The fourth-order valence-electron chi connectivity index (χ4n) is 2.86. The summed E-state index contributed by atoms with van der Waals surface area (Å²) in [4.78, 5) is 25.4. The zero-order valence-corrected chi connectivity index (χ0v) is 15.1. The fourth-order valence-corrected chi connectivity index (χ4v) is 3.74. The zero-order valence-electron chi connectivity index (χ0n) is 12.3. The average Bonchev–Trinajstić information content (AvgIpc) is 2.83. The molecule has 3 rings (SSSR count). The van der Waals surface area contributed by atoms with Gasteiger partial charge in [0.15, 0.2) is 10.3 Å². The van der Waals surface area contributed by atoms with Gasteiger partial charge >= 0.3 is 35.6 Å². The van der Waals surface area contributed by atoms with E-state index in [9.17, 15) is 22.6 Å². The van der Waals surface area contributed by atoms with Gasteiger partial charge < -0.3 is 9.45 Å². The molecule has 0 aliphatic carbocycles. The van der Waals surface area contributed by atoms with Crippen LogP contribution in [0, 0.1) is 0 Å². The summed E-state index contributed by atoms with van der Waals surface area (Å²) in [5.74, 6) is 4.87. The summed E-state index contributed by atoms with van der Waals surface area (Å²) >= 11 is 0. The molecule has 9 nitrogen and oxygen atoms in total. The molecule has 2 atom stereocenters. The van der Waals surface area contributed by atoms with Crippen LogP contribution in [-0.4, -0.2) is 52.7 Å². The molecule has 0 aromatic heterocycles. The Morgan fingerprint density at radius 2 is 1.91 bits per heavy atom. The quantitative estimate of drug-likeness (QED) is 0.146. The molecule has 11 heteroatoms. The number of hydrogen-bond donors (Lipinski definition) is 1. The number of hydrogen-bond acceptors (Lipinski definition) is 6. The number of para-hydroxylation sites is 1. The molecule has 23 heavy (non-hydrogen) atoms. The number of nitrogens with two attached hydrogens (primary N) is 1. The number of nitrogens with zero attached hydrogens (tertiary/aromatic N) is 3. The third-order valence-corrected chi connectivity index (χ3v) is 4.80. The average molecular weight is 348 g/mol. The third kappa shape index (κ3) is 2.97. The molecule has 2 N–H and O–H groups in total. The van der Waals surface area contributed by atoms with Gasteiger partial charge in [0.2, 0.25) is 0 Å². The first-order chi connectivity index (χ1) is 10.3. The maximum Gasteiger partial charge on any atom is 1.00 e. The molecule has 2 aliphatic heterocycles. The van der Waals surface area contributed by atoms with E-state index in [1.54, 1.807) is 30.3 Å². The molecule has 2 aliphatic rings. The van der Waals surface area contributed by atoms with Crippen molar-refractivity contribution >= 4 is 27.9 Å². The normalized spacial score (nSPS) is 23.0. The summed E-state index contributed by atoms with van der Waals surface area (Å²) < 4.78 is 33.3. The Morgan fingerprint density at radius 1 is 1.30 bits per heavy atom. The maximum absolute atomic E-state index is 12.4. The number of benzene rings is 1. The molecule has 2 saturated heterocycles. The number of carbonyl (C=O) groups is 2. The van der Waals surface area contributed by atoms with E-state index in [4.69, 9.17) is 5.84 Å². The molecule has 0 saturated carbocycles. The summed E-state index contributed by atoms with van der Waals surface area (Å²) in [6.45, 7) is 0.159. The number of rotatable bonds is 2. The van der Waals surface area contributed by atoms with Crippen molar-refractivity contribution in [1.29, 1.82) is 0 Å². The largest absolute Gasteiger partial charge is 1.00 e. The summed E-state index contributed by atoms with van der Waals surface area (Å²) in [5.41, 5.74) is 0.441. The minimum absolute atomic E-state index is 0. The minimum atomic E-state index is -4.84. The van der Waals surface area contributed by atoms with E-state index < -0.39 is 34.3 Å². The van der Waals surface area contributed by atoms with E-state index in [2.05, 4.69) is 0 Å². The van der Waals surface area contributed by atoms with Crippen LogP contribution in [0.1, 0.15) is 6.42 Å². The van der Waals surface area contributed by atoms with E-state index in [0.717, 1.165) is 5.01 Å². The van der Waals surface area contributed by atoms with Crippen molar-refractivity contribution in [2.24, 2.45) is 5.84 Å². The summed E-state index contributed by atoms with van der Waals surface area (Å²) in [6, 6.07) is 6.08. The zero-order chi connectivity index (χ0) is 16.1. The minimum Gasteiger partial charge on any atom is -0.731 e. The molecule has 0 radical (unpaired) electrons. The van der Waals surface area contributed by atoms with E-state index in [1.807, 2.05) is 0 Å². The second-order valence-corrected chi connectivity index (χ2v) is 6.32. The molecule has 1 aromatic rings. The fraction of sp³-hybridized carbons (Fsp3) is 0.333. The van der Waals surface area contributed by atoms with Gasteiger partial charge in [0, 0.05) is 6.54 Å². The standard InChI is InChI=1S/C12H14N4O5S.Na/c13-15(8-4-2-1-3-5-8)12(18)14-7-6-9-10(14)11(17)16(9)22(19,20)21;/h1-5,9-10H,6-7,13H2,(H,19,20,21);/q;+1/p-1/t9-,10-;/m1./s1. The van der Waals surface area contributed by atoms with Crippen molar-refractivity contribution < 1.29 is 52.1 Å². The van der Waals surface area contributed by atoms with Gasteiger partial charge in [-0.25, -0.2) is 28.4 Å². The molecule has 118 valence electrons. The van der Waals surface area contributed by atoms with Crippen molar-refractivity contribution in [1.82, 2.24) is 9.21 Å². The number of amides is 3. The van der Waals surface area contributed by atoms with Gasteiger partial charge in [0.25, 0.3) is 5.91 Å². The maximum atomic E-state index is 12.4. The van der Waals surface area contributed by atoms with Crippen LogP contribution in [0.4, 0.5) is 10.5 Å². The van der Waals surface area contributed by atoms with E-state index in [1.165, 1.54) is 4.90 Å². The number of urea groups is 1. The second kappa shape index (κ2) is 6.38. The van der Waals surface area contributed by atoms with Crippen molar-refractivity contribution in [2.75, 3.05) is 11.6 Å². The predicted molar refractivity (Wildman–Crippen MR) is 73.9 cm³/mol. The van der Waals surface area contributed by atoms with E-state index >= 15 is 0 Å². The molecular weight excluding hydrogens is 335 g/mol. The van der Waals surface area contributed by atoms with Crippen LogP contribution in [0.3, 0.4) is 0 Å². The molecule has 0 unspecified atom stereocenters. The Bertz CT molecular complexity index is 728. The van der Waals surface area contributed by atoms with Crippen LogP contribution >= 0.6 is 0 Å². The van der Waals surface area contributed by atoms with Crippen LogP contribution in [0.25, 0.3) is 0 Å². The number of fused-ring (bicyclic) bond motifs is 1.